The summed E-state index contributed by atoms with van der Waals surface area (Å²) in [6.07, 6.45) is 0.932. The largest absolute Gasteiger partial charge is 0.311 e. The number of nitrogens with zero attached hydrogens (tertiary/aromatic N) is 1. The molecule has 0 unspecified atom stereocenters. The van der Waals surface area contributed by atoms with Gasteiger partial charge in [0, 0.05) is 24.4 Å². The molecule has 1 aromatic rings. The Balaban J connectivity index is 2.11. The highest BCUT2D eigenvalue weighted by Crippen LogP contribution is 2.24. The molecule has 2 heterocycles. The number of fused-ring (bicyclic) bond motifs is 1. The standard InChI is InChI=1S/C10H11N3OS/c1-2-3-9(14)13-10-12-7-4-5-11-6-8(7)15-10/h11H,4-6H2,1H3,(H,12,13,14). The van der Waals surface area contributed by atoms with Crippen molar-refractivity contribution >= 4 is 22.4 Å². The van der Waals surface area contributed by atoms with E-state index in [4.69, 9.17) is 0 Å². The summed E-state index contributed by atoms with van der Waals surface area (Å²) < 4.78 is 0. The Morgan fingerprint density at radius 3 is 3.27 bits per heavy atom. The zero-order chi connectivity index (χ0) is 10.7. The van der Waals surface area contributed by atoms with Crippen molar-refractivity contribution in [1.29, 1.82) is 0 Å². The highest BCUT2D eigenvalue weighted by atomic mass is 32.1. The van der Waals surface area contributed by atoms with Crippen LogP contribution in [0.4, 0.5) is 5.13 Å². The molecule has 0 atom stereocenters. The van der Waals surface area contributed by atoms with E-state index in [1.807, 2.05) is 0 Å². The first kappa shape index (κ1) is 10.1. The molecule has 0 saturated heterocycles. The number of carbonyl (C=O) groups is 1. The Morgan fingerprint density at radius 1 is 1.67 bits per heavy atom. The number of hydrogen-bond acceptors (Lipinski definition) is 4. The summed E-state index contributed by atoms with van der Waals surface area (Å²) in [4.78, 5) is 16.8. The first-order chi connectivity index (χ1) is 7.29. The van der Waals surface area contributed by atoms with Crippen molar-refractivity contribution in [2.45, 2.75) is 19.9 Å². The summed E-state index contributed by atoms with van der Waals surface area (Å²) in [5.41, 5.74) is 1.10. The molecule has 0 bridgehead atoms. The van der Waals surface area contributed by atoms with Crippen molar-refractivity contribution in [3.63, 3.8) is 0 Å². The van der Waals surface area contributed by atoms with Crippen LogP contribution in [-0.4, -0.2) is 17.4 Å². The molecule has 1 aliphatic rings. The van der Waals surface area contributed by atoms with Crippen molar-refractivity contribution in [3.8, 4) is 11.8 Å². The highest BCUT2D eigenvalue weighted by molar-refractivity contribution is 7.15. The lowest BCUT2D eigenvalue weighted by Crippen LogP contribution is -2.22. The smallest absolute Gasteiger partial charge is 0.302 e. The van der Waals surface area contributed by atoms with E-state index in [0.29, 0.717) is 5.13 Å². The van der Waals surface area contributed by atoms with Gasteiger partial charge in [-0.05, 0) is 12.8 Å². The second-order valence-electron chi connectivity index (χ2n) is 3.14. The molecular weight excluding hydrogens is 210 g/mol. The minimum atomic E-state index is -0.295. The first-order valence-electron chi connectivity index (χ1n) is 4.72. The second-order valence-corrected chi connectivity index (χ2v) is 4.23. The molecule has 0 aromatic carbocycles. The van der Waals surface area contributed by atoms with Crippen LogP contribution in [0.1, 0.15) is 17.5 Å². The van der Waals surface area contributed by atoms with Gasteiger partial charge in [-0.2, -0.15) is 0 Å². The molecule has 78 valence electrons. The molecule has 5 heteroatoms. The van der Waals surface area contributed by atoms with E-state index in [2.05, 4.69) is 27.5 Å². The van der Waals surface area contributed by atoms with Gasteiger partial charge in [-0.15, -0.1) is 11.3 Å². The van der Waals surface area contributed by atoms with Gasteiger partial charge in [0.2, 0.25) is 0 Å². The van der Waals surface area contributed by atoms with E-state index in [9.17, 15) is 4.79 Å². The maximum Gasteiger partial charge on any atom is 0.302 e. The van der Waals surface area contributed by atoms with Crippen LogP contribution in [0.2, 0.25) is 0 Å². The maximum atomic E-state index is 11.2. The van der Waals surface area contributed by atoms with Crippen LogP contribution >= 0.6 is 11.3 Å². The third-order valence-corrected chi connectivity index (χ3v) is 3.07. The zero-order valence-corrected chi connectivity index (χ0v) is 9.20. The van der Waals surface area contributed by atoms with Crippen LogP contribution in [0.5, 0.6) is 0 Å². The van der Waals surface area contributed by atoms with Gasteiger partial charge < -0.3 is 5.32 Å². The molecule has 1 aromatic heterocycles. The van der Waals surface area contributed by atoms with Crippen molar-refractivity contribution in [2.24, 2.45) is 0 Å². The van der Waals surface area contributed by atoms with Crippen molar-refractivity contribution in [3.05, 3.63) is 10.6 Å². The van der Waals surface area contributed by atoms with Crippen LogP contribution in [-0.2, 0) is 17.8 Å². The van der Waals surface area contributed by atoms with E-state index in [-0.39, 0.29) is 5.91 Å². The summed E-state index contributed by atoms with van der Waals surface area (Å²) in [5, 5.41) is 6.58. The van der Waals surface area contributed by atoms with Crippen LogP contribution in [0, 0.1) is 11.8 Å². The van der Waals surface area contributed by atoms with Crippen LogP contribution < -0.4 is 10.6 Å². The fourth-order valence-corrected chi connectivity index (χ4v) is 2.39. The number of nitrogens with one attached hydrogen (secondary N) is 2. The average Bonchev–Trinajstić information content (AvgIpc) is 2.59. The van der Waals surface area contributed by atoms with Crippen molar-refractivity contribution in [1.82, 2.24) is 10.3 Å². The highest BCUT2D eigenvalue weighted by Gasteiger charge is 2.15. The molecule has 0 saturated carbocycles. The molecule has 0 fully saturated rings. The Bertz CT molecular complexity index is 418. The van der Waals surface area contributed by atoms with Gasteiger partial charge in [0.15, 0.2) is 5.13 Å². The molecule has 0 radical (unpaired) electrons. The molecule has 1 amide bonds. The number of amides is 1. The van der Waals surface area contributed by atoms with Crippen LogP contribution in [0.25, 0.3) is 0 Å². The normalized spacial score (nSPS) is 13.7. The maximum absolute atomic E-state index is 11.2. The molecule has 0 spiro atoms. The van der Waals surface area contributed by atoms with E-state index < -0.39 is 0 Å². The van der Waals surface area contributed by atoms with Crippen LogP contribution in [0.15, 0.2) is 0 Å². The molecular formula is C10H11N3OS. The number of hydrogen-bond donors (Lipinski definition) is 2. The number of carbonyl (C=O) groups excluding carboxylic acids is 1. The Hall–Kier alpha value is -1.38. The third kappa shape index (κ3) is 2.35. The minimum Gasteiger partial charge on any atom is -0.311 e. The predicted octanol–water partition coefficient (Wildman–Crippen LogP) is 0.751. The Morgan fingerprint density at radius 2 is 2.53 bits per heavy atom. The lowest BCUT2D eigenvalue weighted by Gasteiger charge is -2.09. The third-order valence-electron chi connectivity index (χ3n) is 2.06. The van der Waals surface area contributed by atoms with Gasteiger partial charge in [0.1, 0.15) is 0 Å². The lowest BCUT2D eigenvalue weighted by molar-refractivity contribution is -0.111. The SMILES string of the molecule is CC#CC(=O)Nc1nc2c(s1)CNCC2. The molecule has 4 nitrogen and oxygen atoms in total. The van der Waals surface area contributed by atoms with Gasteiger partial charge >= 0.3 is 5.91 Å². The Kier molecular flexibility index (Phi) is 2.99. The van der Waals surface area contributed by atoms with Gasteiger partial charge in [0.25, 0.3) is 0 Å². The number of thiazole rings is 1. The number of rotatable bonds is 1. The van der Waals surface area contributed by atoms with E-state index in [1.165, 1.54) is 16.2 Å². The second kappa shape index (κ2) is 4.43. The van der Waals surface area contributed by atoms with Crippen LogP contribution in [0.3, 0.4) is 0 Å². The van der Waals surface area contributed by atoms with Gasteiger partial charge in [-0.25, -0.2) is 4.98 Å². The quantitative estimate of drug-likeness (QED) is 0.688. The van der Waals surface area contributed by atoms with Gasteiger partial charge in [0.05, 0.1) is 5.69 Å². The average molecular weight is 221 g/mol. The summed E-state index contributed by atoms with van der Waals surface area (Å²) in [6.45, 7) is 3.44. The molecule has 0 aliphatic carbocycles. The molecule has 2 rings (SSSR count). The van der Waals surface area contributed by atoms with Crippen molar-refractivity contribution < 1.29 is 4.79 Å². The fraction of sp³-hybridized carbons (Fsp3) is 0.400. The lowest BCUT2D eigenvalue weighted by atomic mass is 10.2. The van der Waals surface area contributed by atoms with Crippen molar-refractivity contribution in [2.75, 3.05) is 11.9 Å². The summed E-state index contributed by atoms with van der Waals surface area (Å²) in [7, 11) is 0. The summed E-state index contributed by atoms with van der Waals surface area (Å²) >= 11 is 1.52. The molecule has 1 aliphatic heterocycles. The minimum absolute atomic E-state index is 0.295. The van der Waals surface area contributed by atoms with E-state index in [1.54, 1.807) is 6.92 Å². The number of anilines is 1. The van der Waals surface area contributed by atoms with E-state index in [0.717, 1.165) is 25.2 Å². The topological polar surface area (TPSA) is 54.0 Å². The number of aromatic nitrogens is 1. The Labute approximate surface area is 92.1 Å². The summed E-state index contributed by atoms with van der Waals surface area (Å²) in [6, 6.07) is 0. The summed E-state index contributed by atoms with van der Waals surface area (Å²) in [5.74, 6) is 4.68. The van der Waals surface area contributed by atoms with E-state index >= 15 is 0 Å². The fourth-order valence-electron chi connectivity index (χ4n) is 1.42. The monoisotopic (exact) mass is 221 g/mol. The van der Waals surface area contributed by atoms with Gasteiger partial charge in [-0.1, -0.05) is 5.92 Å². The zero-order valence-electron chi connectivity index (χ0n) is 8.39. The first-order valence-corrected chi connectivity index (χ1v) is 5.54. The molecule has 15 heavy (non-hydrogen) atoms. The predicted molar refractivity (Wildman–Crippen MR) is 59.6 cm³/mol. The van der Waals surface area contributed by atoms with Gasteiger partial charge in [-0.3, -0.25) is 10.1 Å². The molecule has 2 N–H and O–H groups in total.